The van der Waals surface area contributed by atoms with Crippen molar-refractivity contribution in [3.05, 3.63) is 56.6 Å². The van der Waals surface area contributed by atoms with E-state index < -0.39 is 33.2 Å². The number of ketones is 1. The van der Waals surface area contributed by atoms with Gasteiger partial charge in [0.2, 0.25) is 5.91 Å². The van der Waals surface area contributed by atoms with Gasteiger partial charge in [0.05, 0.1) is 67.2 Å². The molecular formula is C33H48N8O12. The van der Waals surface area contributed by atoms with Crippen LogP contribution in [0.3, 0.4) is 0 Å². The van der Waals surface area contributed by atoms with Crippen molar-refractivity contribution < 1.29 is 48.0 Å². The molecule has 0 aliphatic carbocycles. The Kier molecular flexibility index (Phi) is 18.6. The van der Waals surface area contributed by atoms with Crippen LogP contribution >= 0.6 is 0 Å². The van der Waals surface area contributed by atoms with Crippen LogP contribution in [-0.4, -0.2) is 115 Å². The summed E-state index contributed by atoms with van der Waals surface area (Å²) in [6, 6.07) is 3.26. The van der Waals surface area contributed by atoms with Gasteiger partial charge in [-0.2, -0.15) is 0 Å². The summed E-state index contributed by atoms with van der Waals surface area (Å²) in [6.07, 6.45) is 7.82. The summed E-state index contributed by atoms with van der Waals surface area (Å²) in [4.78, 5) is 72.5. The molecule has 2 aromatic rings. The van der Waals surface area contributed by atoms with E-state index in [0.717, 1.165) is 48.4 Å². The molecule has 0 radical (unpaired) electrons. The summed E-state index contributed by atoms with van der Waals surface area (Å²) in [5.74, 6) is -0.240. The Bertz CT molecular complexity index is 1520. The number of unbranched alkanes of at least 4 members (excludes halogenated alkanes) is 2. The van der Waals surface area contributed by atoms with Gasteiger partial charge in [0.1, 0.15) is 24.4 Å². The van der Waals surface area contributed by atoms with Gasteiger partial charge in [-0.1, -0.05) is 12.8 Å². The molecule has 1 fully saturated rings. The van der Waals surface area contributed by atoms with Gasteiger partial charge in [0, 0.05) is 50.7 Å². The Labute approximate surface area is 305 Å². The first kappa shape index (κ1) is 42.2. The number of nitro groups is 2. The van der Waals surface area contributed by atoms with Crippen LogP contribution in [0.1, 0.15) is 57.6 Å². The number of nitrogens with zero attached hydrogens (tertiary/aromatic N) is 4. The molecule has 0 spiro atoms. The van der Waals surface area contributed by atoms with Crippen LogP contribution in [0.5, 0.6) is 0 Å². The van der Waals surface area contributed by atoms with Crippen LogP contribution in [0.2, 0.25) is 0 Å². The van der Waals surface area contributed by atoms with Crippen LogP contribution in [0, 0.1) is 20.2 Å². The third kappa shape index (κ3) is 16.3. The van der Waals surface area contributed by atoms with Crippen LogP contribution in [0.4, 0.5) is 26.7 Å². The van der Waals surface area contributed by atoms with Gasteiger partial charge in [-0.15, -0.1) is 0 Å². The van der Waals surface area contributed by atoms with E-state index in [1.807, 2.05) is 6.92 Å². The van der Waals surface area contributed by atoms with E-state index in [9.17, 15) is 39.4 Å². The quantitative estimate of drug-likeness (QED) is 0.0582. The second-order valence-electron chi connectivity index (χ2n) is 12.1. The van der Waals surface area contributed by atoms with E-state index in [1.165, 1.54) is 12.5 Å². The predicted octanol–water partition coefficient (Wildman–Crippen LogP) is 2.87. The third-order valence-electron chi connectivity index (χ3n) is 8.07. The number of carbonyl (C=O) groups is 4. The molecule has 3 amide bonds. The lowest BCUT2D eigenvalue weighted by Gasteiger charge is -2.13. The number of hydrogen-bond donors (Lipinski definition) is 4. The van der Waals surface area contributed by atoms with Crippen molar-refractivity contribution in [2.75, 3.05) is 64.7 Å². The molecule has 1 aliphatic heterocycles. The topological polar surface area (TPSA) is 257 Å². The standard InChI is InChI=1S/C33H48N8O12/c1-24-28(38-32(44)37-24)8-4-2-3-6-27(42)7-5-13-50-14-15-51-16-17-52-18-19-53-33(45)39-22-25(36-23-39)11-12-34-31(43)21-35-29-10-9-26(40(46)47)20-30(29)41(48)49/h9-10,20,22-24,28,35H,2-8,11-19,21H2,1H3,(H,34,43)(H2,37,38,44). The number of benzene rings is 1. The Balaban J connectivity index is 1.11. The number of aromatic nitrogens is 2. The molecule has 3 rings (SSSR count). The molecule has 4 N–H and O–H groups in total. The van der Waals surface area contributed by atoms with Gasteiger partial charge in [0.15, 0.2) is 0 Å². The fourth-order valence-corrected chi connectivity index (χ4v) is 5.22. The molecule has 1 aromatic heterocycles. The van der Waals surface area contributed by atoms with Gasteiger partial charge in [-0.25, -0.2) is 19.1 Å². The first-order valence-corrected chi connectivity index (χ1v) is 17.5. The summed E-state index contributed by atoms with van der Waals surface area (Å²) >= 11 is 0. The number of imidazole rings is 1. The molecule has 292 valence electrons. The number of nitro benzene ring substituents is 2. The minimum absolute atomic E-state index is 0.0151. The van der Waals surface area contributed by atoms with E-state index in [-0.39, 0.29) is 55.9 Å². The Morgan fingerprint density at radius 2 is 1.60 bits per heavy atom. The van der Waals surface area contributed by atoms with E-state index in [0.29, 0.717) is 64.4 Å². The average molecular weight is 749 g/mol. The molecule has 2 atom stereocenters. The molecule has 20 nitrogen and oxygen atoms in total. The molecular weight excluding hydrogens is 700 g/mol. The SMILES string of the molecule is CC1NC(=O)NC1CCCCCC(=O)CCCOCCOCCOCCOC(=O)n1cnc(CCNC(=O)CNc2ccc([N+](=O)[O-])cc2[N+](=O)[O-])c1. The Morgan fingerprint density at radius 3 is 2.28 bits per heavy atom. The molecule has 1 aliphatic rings. The molecule has 2 heterocycles. The number of amides is 3. The number of Topliss-reactive ketones (excluding diaryl/α,β-unsaturated/α-hetero) is 1. The van der Waals surface area contributed by atoms with Gasteiger partial charge in [0.25, 0.3) is 11.4 Å². The molecule has 0 bridgehead atoms. The summed E-state index contributed by atoms with van der Waals surface area (Å²) in [5.41, 5.74) is -0.493. The first-order chi connectivity index (χ1) is 25.5. The number of carbonyl (C=O) groups excluding carboxylic acids is 4. The highest BCUT2D eigenvalue weighted by Crippen LogP contribution is 2.28. The maximum atomic E-state index is 12.3. The lowest BCUT2D eigenvalue weighted by Crippen LogP contribution is -2.31. The van der Waals surface area contributed by atoms with Crippen molar-refractivity contribution in [2.24, 2.45) is 0 Å². The Morgan fingerprint density at radius 1 is 0.906 bits per heavy atom. The van der Waals surface area contributed by atoms with Crippen molar-refractivity contribution in [2.45, 2.75) is 70.4 Å². The first-order valence-electron chi connectivity index (χ1n) is 17.5. The number of non-ortho nitro benzene ring substituents is 1. The molecule has 1 aromatic carbocycles. The number of hydrogen-bond acceptors (Lipinski definition) is 14. The minimum atomic E-state index is -0.779. The highest BCUT2D eigenvalue weighted by molar-refractivity contribution is 5.82. The zero-order chi connectivity index (χ0) is 38.4. The maximum absolute atomic E-state index is 12.3. The van der Waals surface area contributed by atoms with Crippen LogP contribution in [-0.2, 0) is 35.0 Å². The number of ether oxygens (including phenoxy) is 4. The normalized spacial score (nSPS) is 15.0. The van der Waals surface area contributed by atoms with Gasteiger partial charge in [-0.05, 0) is 32.3 Å². The number of urea groups is 1. The van der Waals surface area contributed by atoms with Crippen molar-refractivity contribution >= 4 is 40.9 Å². The van der Waals surface area contributed by atoms with E-state index in [1.54, 1.807) is 0 Å². The summed E-state index contributed by atoms with van der Waals surface area (Å²) in [6.45, 7) is 3.95. The van der Waals surface area contributed by atoms with Crippen LogP contribution in [0.15, 0.2) is 30.7 Å². The van der Waals surface area contributed by atoms with Crippen molar-refractivity contribution in [1.29, 1.82) is 0 Å². The lowest BCUT2D eigenvalue weighted by molar-refractivity contribution is -0.393. The second kappa shape index (κ2) is 23.4. The monoisotopic (exact) mass is 748 g/mol. The fraction of sp³-hybridized carbons (Fsp3) is 0.606. The predicted molar refractivity (Wildman–Crippen MR) is 189 cm³/mol. The van der Waals surface area contributed by atoms with Crippen LogP contribution < -0.4 is 21.3 Å². The molecule has 2 unspecified atom stereocenters. The zero-order valence-corrected chi connectivity index (χ0v) is 29.8. The minimum Gasteiger partial charge on any atom is -0.446 e. The van der Waals surface area contributed by atoms with Gasteiger partial charge >= 0.3 is 12.1 Å². The third-order valence-corrected chi connectivity index (χ3v) is 8.07. The largest absolute Gasteiger partial charge is 0.446 e. The van der Waals surface area contributed by atoms with Gasteiger partial charge in [-0.3, -0.25) is 29.8 Å². The van der Waals surface area contributed by atoms with E-state index >= 15 is 0 Å². The molecule has 20 heteroatoms. The summed E-state index contributed by atoms with van der Waals surface area (Å²) in [5, 5.41) is 33.0. The average Bonchev–Trinajstić information content (AvgIpc) is 3.73. The maximum Gasteiger partial charge on any atom is 0.419 e. The summed E-state index contributed by atoms with van der Waals surface area (Å²) < 4.78 is 22.7. The number of rotatable bonds is 27. The highest BCUT2D eigenvalue weighted by atomic mass is 16.6. The lowest BCUT2D eigenvalue weighted by atomic mass is 10.0. The molecule has 0 saturated carbocycles. The smallest absolute Gasteiger partial charge is 0.419 e. The number of nitrogens with one attached hydrogen (secondary N) is 4. The van der Waals surface area contributed by atoms with Crippen molar-refractivity contribution in [3.63, 3.8) is 0 Å². The second-order valence-corrected chi connectivity index (χ2v) is 12.1. The van der Waals surface area contributed by atoms with Gasteiger partial charge < -0.3 is 40.2 Å². The Hall–Kier alpha value is -5.21. The van der Waals surface area contributed by atoms with Crippen molar-refractivity contribution in [1.82, 2.24) is 25.5 Å². The van der Waals surface area contributed by atoms with E-state index in [2.05, 4.69) is 26.3 Å². The van der Waals surface area contributed by atoms with Crippen molar-refractivity contribution in [3.8, 4) is 0 Å². The zero-order valence-electron chi connectivity index (χ0n) is 29.8. The number of anilines is 1. The highest BCUT2D eigenvalue weighted by Gasteiger charge is 2.27. The van der Waals surface area contributed by atoms with E-state index in [4.69, 9.17) is 18.9 Å². The fourth-order valence-electron chi connectivity index (χ4n) is 5.22. The molecule has 1 saturated heterocycles. The molecule has 53 heavy (non-hydrogen) atoms. The van der Waals surface area contributed by atoms with Crippen LogP contribution in [0.25, 0.3) is 0 Å². The summed E-state index contributed by atoms with van der Waals surface area (Å²) in [7, 11) is 0.